The molecule has 0 aliphatic heterocycles. The second kappa shape index (κ2) is 5.48. The number of hydrogen-bond donors (Lipinski definition) is 0. The van der Waals surface area contributed by atoms with E-state index in [4.69, 9.17) is 0 Å². The van der Waals surface area contributed by atoms with Gasteiger partial charge in [-0.1, -0.05) is 26.7 Å². The van der Waals surface area contributed by atoms with Gasteiger partial charge in [-0.15, -0.1) is 0 Å². The van der Waals surface area contributed by atoms with Gasteiger partial charge in [0.15, 0.2) is 5.78 Å². The highest BCUT2D eigenvalue weighted by Gasteiger charge is 2.27. The molecule has 0 bridgehead atoms. The van der Waals surface area contributed by atoms with Crippen LogP contribution >= 0.6 is 0 Å². The van der Waals surface area contributed by atoms with Crippen molar-refractivity contribution in [3.05, 3.63) is 18.0 Å². The van der Waals surface area contributed by atoms with Crippen LogP contribution < -0.4 is 0 Å². The quantitative estimate of drug-likeness (QED) is 0.749. The summed E-state index contributed by atoms with van der Waals surface area (Å²) < 4.78 is 1.86. The first-order chi connectivity index (χ1) is 8.22. The Morgan fingerprint density at radius 3 is 3.06 bits per heavy atom. The summed E-state index contributed by atoms with van der Waals surface area (Å²) in [5, 5.41) is 4.24. The molecule has 1 aliphatic carbocycles. The number of Topliss-reactive ketones (excluding diaryl/α,β-unsaturated/α-hetero) is 1. The van der Waals surface area contributed by atoms with Crippen molar-refractivity contribution in [2.45, 2.75) is 52.5 Å². The fourth-order valence-electron chi connectivity index (χ4n) is 2.81. The Morgan fingerprint density at radius 1 is 1.53 bits per heavy atom. The SMILES string of the molecule is CCCn1nccc1C(=O)C1CCCC(C)C1. The summed E-state index contributed by atoms with van der Waals surface area (Å²) in [6.45, 7) is 5.21. The molecule has 1 aromatic heterocycles. The summed E-state index contributed by atoms with van der Waals surface area (Å²) in [6.07, 6.45) is 7.34. The van der Waals surface area contributed by atoms with Crippen molar-refractivity contribution in [3.63, 3.8) is 0 Å². The Kier molecular flexibility index (Phi) is 3.97. The Morgan fingerprint density at radius 2 is 2.35 bits per heavy atom. The topological polar surface area (TPSA) is 34.9 Å². The lowest BCUT2D eigenvalue weighted by atomic mass is 9.79. The summed E-state index contributed by atoms with van der Waals surface area (Å²) >= 11 is 0. The maximum Gasteiger partial charge on any atom is 0.183 e. The maximum atomic E-state index is 12.4. The fraction of sp³-hybridized carbons (Fsp3) is 0.714. The van der Waals surface area contributed by atoms with Crippen molar-refractivity contribution < 1.29 is 4.79 Å². The van der Waals surface area contributed by atoms with Crippen LogP contribution in [0.5, 0.6) is 0 Å². The van der Waals surface area contributed by atoms with E-state index in [0.717, 1.165) is 31.5 Å². The van der Waals surface area contributed by atoms with E-state index in [1.54, 1.807) is 6.20 Å². The minimum Gasteiger partial charge on any atom is -0.292 e. The highest BCUT2D eigenvalue weighted by Crippen LogP contribution is 2.30. The number of ketones is 1. The van der Waals surface area contributed by atoms with Gasteiger partial charge in [-0.25, -0.2) is 0 Å². The zero-order chi connectivity index (χ0) is 12.3. The van der Waals surface area contributed by atoms with Crippen LogP contribution in [0.25, 0.3) is 0 Å². The molecular weight excluding hydrogens is 212 g/mol. The number of aryl methyl sites for hydroxylation is 1. The summed E-state index contributed by atoms with van der Waals surface area (Å²) in [7, 11) is 0. The van der Waals surface area contributed by atoms with Crippen LogP contribution in [-0.4, -0.2) is 15.6 Å². The van der Waals surface area contributed by atoms with Crippen LogP contribution in [0.1, 0.15) is 56.4 Å². The van der Waals surface area contributed by atoms with E-state index >= 15 is 0 Å². The van der Waals surface area contributed by atoms with E-state index in [-0.39, 0.29) is 5.92 Å². The molecule has 2 atom stereocenters. The van der Waals surface area contributed by atoms with Gasteiger partial charge in [0.1, 0.15) is 5.69 Å². The number of carbonyl (C=O) groups is 1. The lowest BCUT2D eigenvalue weighted by Crippen LogP contribution is -2.24. The van der Waals surface area contributed by atoms with Crippen LogP contribution in [-0.2, 0) is 6.54 Å². The van der Waals surface area contributed by atoms with Crippen molar-refractivity contribution in [1.29, 1.82) is 0 Å². The third-order valence-electron chi connectivity index (χ3n) is 3.71. The van der Waals surface area contributed by atoms with Crippen molar-refractivity contribution in [1.82, 2.24) is 9.78 Å². The second-order valence-electron chi connectivity index (χ2n) is 5.27. The standard InChI is InChI=1S/C14H22N2O/c1-3-9-16-13(7-8-15-16)14(17)12-6-4-5-11(2)10-12/h7-8,11-12H,3-6,9-10H2,1-2H3. The van der Waals surface area contributed by atoms with Crippen LogP contribution in [0, 0.1) is 11.8 Å². The van der Waals surface area contributed by atoms with Gasteiger partial charge in [-0.3, -0.25) is 9.48 Å². The molecule has 0 saturated heterocycles. The second-order valence-corrected chi connectivity index (χ2v) is 5.27. The van der Waals surface area contributed by atoms with Gasteiger partial charge in [0.05, 0.1) is 0 Å². The number of nitrogens with zero attached hydrogens (tertiary/aromatic N) is 2. The Bertz CT molecular complexity index is 383. The zero-order valence-electron chi connectivity index (χ0n) is 10.9. The van der Waals surface area contributed by atoms with E-state index in [0.29, 0.717) is 11.7 Å². The Balaban J connectivity index is 2.10. The van der Waals surface area contributed by atoms with Crippen LogP contribution in [0.4, 0.5) is 0 Å². The van der Waals surface area contributed by atoms with E-state index in [9.17, 15) is 4.79 Å². The Labute approximate surface area is 103 Å². The molecule has 3 nitrogen and oxygen atoms in total. The lowest BCUT2D eigenvalue weighted by molar-refractivity contribution is 0.0856. The summed E-state index contributed by atoms with van der Waals surface area (Å²) in [5.41, 5.74) is 0.811. The number of aromatic nitrogens is 2. The molecule has 17 heavy (non-hydrogen) atoms. The highest BCUT2D eigenvalue weighted by molar-refractivity contribution is 5.96. The molecular formula is C14H22N2O. The van der Waals surface area contributed by atoms with Crippen molar-refractivity contribution in [3.8, 4) is 0 Å². The third kappa shape index (κ3) is 2.76. The molecule has 2 rings (SSSR count). The van der Waals surface area contributed by atoms with Gasteiger partial charge in [0.2, 0.25) is 0 Å². The molecule has 0 aromatic carbocycles. The molecule has 2 unspecified atom stereocenters. The molecule has 3 heteroatoms. The van der Waals surface area contributed by atoms with Gasteiger partial charge < -0.3 is 0 Å². The first-order valence-corrected chi connectivity index (χ1v) is 6.78. The van der Waals surface area contributed by atoms with Crippen molar-refractivity contribution >= 4 is 5.78 Å². The van der Waals surface area contributed by atoms with E-state index in [1.807, 2.05) is 10.7 Å². The normalized spacial score (nSPS) is 24.8. The van der Waals surface area contributed by atoms with Gasteiger partial charge in [-0.2, -0.15) is 5.10 Å². The molecule has 0 N–H and O–H groups in total. The maximum absolute atomic E-state index is 12.4. The Hall–Kier alpha value is -1.12. The average molecular weight is 234 g/mol. The number of rotatable bonds is 4. The van der Waals surface area contributed by atoms with Crippen molar-refractivity contribution in [2.24, 2.45) is 11.8 Å². The predicted octanol–water partition coefficient (Wildman–Crippen LogP) is 3.30. The highest BCUT2D eigenvalue weighted by atomic mass is 16.1. The summed E-state index contributed by atoms with van der Waals surface area (Å²) in [4.78, 5) is 12.4. The fourth-order valence-corrected chi connectivity index (χ4v) is 2.81. The van der Waals surface area contributed by atoms with E-state index in [2.05, 4.69) is 18.9 Å². The smallest absolute Gasteiger partial charge is 0.183 e. The molecule has 94 valence electrons. The van der Waals surface area contributed by atoms with E-state index < -0.39 is 0 Å². The minimum atomic E-state index is 0.228. The minimum absolute atomic E-state index is 0.228. The molecule has 1 saturated carbocycles. The average Bonchev–Trinajstić information content (AvgIpc) is 2.77. The molecule has 0 radical (unpaired) electrons. The predicted molar refractivity (Wildman–Crippen MR) is 68.0 cm³/mol. The molecule has 1 fully saturated rings. The molecule has 1 aromatic rings. The summed E-state index contributed by atoms with van der Waals surface area (Å²) in [6, 6.07) is 1.87. The van der Waals surface area contributed by atoms with Crippen LogP contribution in [0.2, 0.25) is 0 Å². The van der Waals surface area contributed by atoms with Crippen LogP contribution in [0.15, 0.2) is 12.3 Å². The summed E-state index contributed by atoms with van der Waals surface area (Å²) in [5.74, 6) is 1.23. The van der Waals surface area contributed by atoms with Crippen LogP contribution in [0.3, 0.4) is 0 Å². The zero-order valence-corrected chi connectivity index (χ0v) is 10.9. The van der Waals surface area contributed by atoms with Gasteiger partial charge in [0, 0.05) is 18.7 Å². The monoisotopic (exact) mass is 234 g/mol. The van der Waals surface area contributed by atoms with Crippen molar-refractivity contribution in [2.75, 3.05) is 0 Å². The largest absolute Gasteiger partial charge is 0.292 e. The third-order valence-corrected chi connectivity index (χ3v) is 3.71. The molecule has 1 heterocycles. The molecule has 0 amide bonds. The first-order valence-electron chi connectivity index (χ1n) is 6.78. The molecule has 1 aliphatic rings. The van der Waals surface area contributed by atoms with E-state index in [1.165, 1.54) is 12.8 Å². The lowest BCUT2D eigenvalue weighted by Gasteiger charge is -2.25. The van der Waals surface area contributed by atoms with Gasteiger partial charge >= 0.3 is 0 Å². The number of carbonyl (C=O) groups excluding carboxylic acids is 1. The number of hydrogen-bond acceptors (Lipinski definition) is 2. The van der Waals surface area contributed by atoms with Gasteiger partial charge in [-0.05, 0) is 31.2 Å². The van der Waals surface area contributed by atoms with Gasteiger partial charge in [0.25, 0.3) is 0 Å². The first kappa shape index (κ1) is 12.3. The molecule has 0 spiro atoms.